The zero-order valence-corrected chi connectivity index (χ0v) is 14.0. The van der Waals surface area contributed by atoms with E-state index < -0.39 is 5.60 Å². The molecule has 124 valence electrons. The molecular weight excluding hydrogens is 268 g/mol. The lowest BCUT2D eigenvalue weighted by molar-refractivity contribution is 0.0525. The summed E-state index contributed by atoms with van der Waals surface area (Å²) in [6.07, 6.45) is 4.95. The van der Waals surface area contributed by atoms with Crippen molar-refractivity contribution in [2.75, 3.05) is 19.7 Å². The van der Waals surface area contributed by atoms with E-state index in [1.165, 1.54) is 12.8 Å². The van der Waals surface area contributed by atoms with Crippen LogP contribution in [-0.2, 0) is 4.74 Å². The Morgan fingerprint density at radius 1 is 1.38 bits per heavy atom. The molecule has 3 N–H and O–H groups in total. The summed E-state index contributed by atoms with van der Waals surface area (Å²) >= 11 is 0. The Kier molecular flexibility index (Phi) is 6.94. The highest BCUT2D eigenvalue weighted by Crippen LogP contribution is 2.31. The van der Waals surface area contributed by atoms with Crippen LogP contribution in [0.4, 0.5) is 4.79 Å². The second-order valence-corrected chi connectivity index (χ2v) is 7.35. The Morgan fingerprint density at radius 3 is 2.67 bits per heavy atom. The molecule has 1 fully saturated rings. The molecule has 0 radical (unpaired) electrons. The van der Waals surface area contributed by atoms with Crippen LogP contribution in [0.1, 0.15) is 59.8 Å². The van der Waals surface area contributed by atoms with Gasteiger partial charge in [-0.3, -0.25) is 0 Å². The number of rotatable bonds is 6. The third-order valence-corrected chi connectivity index (χ3v) is 3.92. The highest BCUT2D eigenvalue weighted by Gasteiger charge is 2.33. The number of carbonyl (C=O) groups excluding carboxylic acids is 1. The van der Waals surface area contributed by atoms with Gasteiger partial charge in [-0.15, -0.1) is 0 Å². The van der Waals surface area contributed by atoms with Crippen LogP contribution in [0.15, 0.2) is 0 Å². The zero-order valence-electron chi connectivity index (χ0n) is 14.0. The van der Waals surface area contributed by atoms with Gasteiger partial charge >= 0.3 is 6.09 Å². The number of alkyl carbamates (subject to hydrolysis) is 1. The standard InChI is InChI=1S/C16H32N2O3/c1-13-7-5-8-16(11-13,12-19)18-10-6-9-17-14(20)21-15(2,3)4/h13,18-19H,5-12H2,1-4H3,(H,17,20). The van der Waals surface area contributed by atoms with Gasteiger partial charge in [-0.05, 0) is 52.5 Å². The molecule has 2 unspecified atom stereocenters. The number of carbonyl (C=O) groups is 1. The smallest absolute Gasteiger partial charge is 0.407 e. The molecule has 5 heteroatoms. The van der Waals surface area contributed by atoms with Crippen molar-refractivity contribution in [2.45, 2.75) is 70.9 Å². The highest BCUT2D eigenvalue weighted by molar-refractivity contribution is 5.67. The predicted octanol–water partition coefficient (Wildman–Crippen LogP) is 2.43. The Balaban J connectivity index is 2.19. The number of nitrogens with one attached hydrogen (secondary N) is 2. The molecule has 0 aliphatic heterocycles. The van der Waals surface area contributed by atoms with Crippen molar-refractivity contribution >= 4 is 6.09 Å². The van der Waals surface area contributed by atoms with Crippen molar-refractivity contribution in [3.63, 3.8) is 0 Å². The van der Waals surface area contributed by atoms with Crippen molar-refractivity contribution in [3.8, 4) is 0 Å². The molecule has 0 aromatic heterocycles. The molecule has 1 saturated carbocycles. The maximum Gasteiger partial charge on any atom is 0.407 e. The Morgan fingerprint density at radius 2 is 2.10 bits per heavy atom. The molecule has 0 bridgehead atoms. The average molecular weight is 300 g/mol. The molecular formula is C16H32N2O3. The highest BCUT2D eigenvalue weighted by atomic mass is 16.6. The van der Waals surface area contributed by atoms with Gasteiger partial charge < -0.3 is 20.5 Å². The summed E-state index contributed by atoms with van der Waals surface area (Å²) in [5, 5.41) is 15.9. The number of hydrogen-bond acceptors (Lipinski definition) is 4. The number of aliphatic hydroxyl groups is 1. The topological polar surface area (TPSA) is 70.6 Å². The SMILES string of the molecule is CC1CCCC(CO)(NCCCNC(=O)OC(C)(C)C)C1. The molecule has 1 amide bonds. The molecule has 2 atom stereocenters. The lowest BCUT2D eigenvalue weighted by Gasteiger charge is -2.39. The monoisotopic (exact) mass is 300 g/mol. The summed E-state index contributed by atoms with van der Waals surface area (Å²) in [5.74, 6) is 0.665. The Labute approximate surface area is 128 Å². The van der Waals surface area contributed by atoms with E-state index in [1.807, 2.05) is 20.8 Å². The van der Waals surface area contributed by atoms with Crippen LogP contribution in [0, 0.1) is 5.92 Å². The van der Waals surface area contributed by atoms with Crippen molar-refractivity contribution in [1.82, 2.24) is 10.6 Å². The molecule has 0 heterocycles. The van der Waals surface area contributed by atoms with Gasteiger partial charge in [0.1, 0.15) is 5.60 Å². The second-order valence-electron chi connectivity index (χ2n) is 7.35. The number of amides is 1. The molecule has 5 nitrogen and oxygen atoms in total. The summed E-state index contributed by atoms with van der Waals surface area (Å²) in [7, 11) is 0. The van der Waals surface area contributed by atoms with Crippen molar-refractivity contribution in [3.05, 3.63) is 0 Å². The minimum Gasteiger partial charge on any atom is -0.444 e. The first-order valence-corrected chi connectivity index (χ1v) is 8.09. The van der Waals surface area contributed by atoms with E-state index in [1.54, 1.807) is 0 Å². The largest absolute Gasteiger partial charge is 0.444 e. The van der Waals surface area contributed by atoms with Crippen molar-refractivity contribution < 1.29 is 14.6 Å². The van der Waals surface area contributed by atoms with Gasteiger partial charge in [0.2, 0.25) is 0 Å². The second kappa shape index (κ2) is 7.99. The van der Waals surface area contributed by atoms with Gasteiger partial charge in [0.15, 0.2) is 0 Å². The lowest BCUT2D eigenvalue weighted by Crippen LogP contribution is -2.52. The molecule has 0 aromatic rings. The first-order chi connectivity index (χ1) is 9.76. The number of hydrogen-bond donors (Lipinski definition) is 3. The van der Waals surface area contributed by atoms with Crippen LogP contribution in [0.25, 0.3) is 0 Å². The van der Waals surface area contributed by atoms with E-state index in [0.29, 0.717) is 12.5 Å². The van der Waals surface area contributed by atoms with Crippen LogP contribution in [0.3, 0.4) is 0 Å². The van der Waals surface area contributed by atoms with Crippen LogP contribution in [0.5, 0.6) is 0 Å². The molecule has 0 aromatic carbocycles. The van der Waals surface area contributed by atoms with Crippen LogP contribution >= 0.6 is 0 Å². The maximum absolute atomic E-state index is 11.5. The third kappa shape index (κ3) is 7.14. The van der Waals surface area contributed by atoms with Crippen LogP contribution in [0.2, 0.25) is 0 Å². The first-order valence-electron chi connectivity index (χ1n) is 8.09. The summed E-state index contributed by atoms with van der Waals surface area (Å²) in [6.45, 7) is 9.37. The summed E-state index contributed by atoms with van der Waals surface area (Å²) < 4.78 is 5.18. The van der Waals surface area contributed by atoms with Gasteiger partial charge in [-0.2, -0.15) is 0 Å². The van der Waals surface area contributed by atoms with E-state index in [-0.39, 0.29) is 18.2 Å². The minimum atomic E-state index is -0.457. The number of ether oxygens (including phenoxy) is 1. The number of aliphatic hydroxyl groups excluding tert-OH is 1. The van der Waals surface area contributed by atoms with E-state index in [9.17, 15) is 9.90 Å². The quantitative estimate of drug-likeness (QED) is 0.659. The van der Waals surface area contributed by atoms with Gasteiger partial charge in [0.05, 0.1) is 6.61 Å². The molecule has 1 aliphatic rings. The fraction of sp³-hybridized carbons (Fsp3) is 0.938. The summed E-state index contributed by atoms with van der Waals surface area (Å²) in [5.41, 5.74) is -0.578. The molecule has 1 rings (SSSR count). The molecule has 0 spiro atoms. The van der Waals surface area contributed by atoms with E-state index in [2.05, 4.69) is 17.6 Å². The van der Waals surface area contributed by atoms with Gasteiger partial charge in [-0.1, -0.05) is 19.8 Å². The van der Waals surface area contributed by atoms with Crippen molar-refractivity contribution in [1.29, 1.82) is 0 Å². The van der Waals surface area contributed by atoms with Gasteiger partial charge in [-0.25, -0.2) is 4.79 Å². The van der Waals surface area contributed by atoms with Gasteiger partial charge in [0.25, 0.3) is 0 Å². The molecule has 0 saturated heterocycles. The van der Waals surface area contributed by atoms with E-state index in [0.717, 1.165) is 25.8 Å². The average Bonchev–Trinajstić information content (AvgIpc) is 2.36. The summed E-state index contributed by atoms with van der Waals surface area (Å²) in [4.78, 5) is 11.5. The van der Waals surface area contributed by atoms with E-state index >= 15 is 0 Å². The molecule has 21 heavy (non-hydrogen) atoms. The van der Waals surface area contributed by atoms with Crippen LogP contribution < -0.4 is 10.6 Å². The fourth-order valence-electron chi connectivity index (χ4n) is 2.97. The third-order valence-electron chi connectivity index (χ3n) is 3.92. The Hall–Kier alpha value is -0.810. The lowest BCUT2D eigenvalue weighted by atomic mass is 9.77. The minimum absolute atomic E-state index is 0.121. The fourth-order valence-corrected chi connectivity index (χ4v) is 2.97. The van der Waals surface area contributed by atoms with Crippen LogP contribution in [-0.4, -0.2) is 42.0 Å². The first kappa shape index (κ1) is 18.2. The van der Waals surface area contributed by atoms with Crippen molar-refractivity contribution in [2.24, 2.45) is 5.92 Å². The normalized spacial score (nSPS) is 26.4. The predicted molar refractivity (Wildman–Crippen MR) is 84.3 cm³/mol. The van der Waals surface area contributed by atoms with Gasteiger partial charge in [0, 0.05) is 12.1 Å². The Bertz CT molecular complexity index is 328. The zero-order chi connectivity index (χ0) is 15.9. The summed E-state index contributed by atoms with van der Waals surface area (Å²) in [6, 6.07) is 0. The molecule has 1 aliphatic carbocycles. The van der Waals surface area contributed by atoms with E-state index in [4.69, 9.17) is 4.74 Å². The maximum atomic E-state index is 11.5.